The van der Waals surface area contributed by atoms with E-state index in [0.717, 1.165) is 53.8 Å². The Hall–Kier alpha value is -4.17. The number of pyridine rings is 1. The van der Waals surface area contributed by atoms with Gasteiger partial charge in [-0.05, 0) is 50.8 Å². The van der Waals surface area contributed by atoms with Crippen LogP contribution in [0.25, 0.3) is 11.3 Å². The maximum Gasteiger partial charge on any atom is 0.222 e. The summed E-state index contributed by atoms with van der Waals surface area (Å²) in [5.41, 5.74) is 8.57. The van der Waals surface area contributed by atoms with Crippen molar-refractivity contribution in [3.8, 4) is 22.8 Å². The third-order valence-electron chi connectivity index (χ3n) is 6.11. The zero-order chi connectivity index (χ0) is 24.2. The van der Waals surface area contributed by atoms with E-state index in [1.165, 1.54) is 0 Å². The lowest BCUT2D eigenvalue weighted by molar-refractivity contribution is 0.315. The Kier molecular flexibility index (Phi) is 6.45. The number of nitrogen functional groups attached to an aromatic ring is 1. The van der Waals surface area contributed by atoms with Gasteiger partial charge in [-0.15, -0.1) is 0 Å². The lowest BCUT2D eigenvalue weighted by atomic mass is 10.1. The Morgan fingerprint density at radius 2 is 1.77 bits per heavy atom. The summed E-state index contributed by atoms with van der Waals surface area (Å²) in [4.78, 5) is 17.8. The second kappa shape index (κ2) is 9.99. The van der Waals surface area contributed by atoms with Gasteiger partial charge in [-0.25, -0.2) is 9.97 Å². The molecule has 0 unspecified atom stereocenters. The topological polar surface area (TPSA) is 92.4 Å². The standard InChI is InChI=1S/C27H29N7O/c1-33(2)21-13-15-34(18-21)26-16-23(12-14-29-26)35-22-10-8-20(9-11-22)30-25-17-24(31-27(28)32-25)19-6-4-3-5-7-19/h3-12,14,16-17,21H,13,15,18H2,1-2H3,(H3,28,30,31,32)/t21-/m0/s1. The van der Waals surface area contributed by atoms with Crippen LogP contribution in [0.3, 0.4) is 0 Å². The molecular weight excluding hydrogens is 438 g/mol. The SMILES string of the molecule is CN(C)[C@H]1CCN(c2cc(Oc3ccc(Nc4cc(-c5ccccc5)nc(N)n4)cc3)ccn2)C1. The number of nitrogens with zero attached hydrogens (tertiary/aromatic N) is 5. The van der Waals surface area contributed by atoms with Crippen LogP contribution >= 0.6 is 0 Å². The second-order valence-electron chi connectivity index (χ2n) is 8.82. The van der Waals surface area contributed by atoms with E-state index in [1.807, 2.05) is 72.8 Å². The Labute approximate surface area is 205 Å². The van der Waals surface area contributed by atoms with E-state index in [1.54, 1.807) is 6.20 Å². The molecule has 0 saturated carbocycles. The molecular formula is C27H29N7O. The fourth-order valence-electron chi connectivity index (χ4n) is 4.18. The van der Waals surface area contributed by atoms with Crippen molar-refractivity contribution in [1.29, 1.82) is 0 Å². The van der Waals surface area contributed by atoms with Gasteiger partial charge in [0.15, 0.2) is 0 Å². The molecule has 0 bridgehead atoms. The monoisotopic (exact) mass is 467 g/mol. The van der Waals surface area contributed by atoms with Crippen LogP contribution in [-0.4, -0.2) is 53.1 Å². The number of rotatable bonds is 7. The summed E-state index contributed by atoms with van der Waals surface area (Å²) >= 11 is 0. The molecule has 4 aromatic rings. The van der Waals surface area contributed by atoms with Crippen LogP contribution in [0.1, 0.15) is 6.42 Å². The molecule has 1 aliphatic heterocycles. The van der Waals surface area contributed by atoms with Crippen LogP contribution in [-0.2, 0) is 0 Å². The minimum atomic E-state index is 0.220. The normalized spacial score (nSPS) is 15.4. The summed E-state index contributed by atoms with van der Waals surface area (Å²) in [7, 11) is 4.25. The first-order chi connectivity index (χ1) is 17.0. The lowest BCUT2D eigenvalue weighted by Crippen LogP contribution is -2.31. The predicted octanol–water partition coefficient (Wildman–Crippen LogP) is 4.80. The molecule has 178 valence electrons. The van der Waals surface area contributed by atoms with Gasteiger partial charge in [0.1, 0.15) is 23.1 Å². The summed E-state index contributed by atoms with van der Waals surface area (Å²) in [6, 6.07) is 23.9. The minimum absolute atomic E-state index is 0.220. The van der Waals surface area contributed by atoms with Crippen LogP contribution in [0, 0.1) is 0 Å². The molecule has 1 aliphatic rings. The lowest BCUT2D eigenvalue weighted by Gasteiger charge is -2.21. The molecule has 2 aromatic heterocycles. The Morgan fingerprint density at radius 1 is 0.971 bits per heavy atom. The van der Waals surface area contributed by atoms with Crippen LogP contribution < -0.4 is 20.7 Å². The number of anilines is 4. The van der Waals surface area contributed by atoms with Crippen molar-refractivity contribution in [2.45, 2.75) is 12.5 Å². The Balaban J connectivity index is 1.25. The first-order valence-electron chi connectivity index (χ1n) is 11.7. The highest BCUT2D eigenvalue weighted by Gasteiger charge is 2.25. The molecule has 0 spiro atoms. The predicted molar refractivity (Wildman–Crippen MR) is 140 cm³/mol. The highest BCUT2D eigenvalue weighted by molar-refractivity contribution is 5.67. The van der Waals surface area contributed by atoms with E-state index >= 15 is 0 Å². The molecule has 8 nitrogen and oxygen atoms in total. The van der Waals surface area contributed by atoms with E-state index in [2.05, 4.69) is 44.2 Å². The van der Waals surface area contributed by atoms with Crippen LogP contribution in [0.5, 0.6) is 11.5 Å². The molecule has 8 heteroatoms. The van der Waals surface area contributed by atoms with Crippen molar-refractivity contribution in [3.63, 3.8) is 0 Å². The smallest absolute Gasteiger partial charge is 0.222 e. The van der Waals surface area contributed by atoms with E-state index in [-0.39, 0.29) is 5.95 Å². The van der Waals surface area contributed by atoms with Gasteiger partial charge in [-0.2, -0.15) is 4.98 Å². The fourth-order valence-corrected chi connectivity index (χ4v) is 4.18. The molecule has 1 saturated heterocycles. The van der Waals surface area contributed by atoms with E-state index in [0.29, 0.717) is 11.9 Å². The second-order valence-corrected chi connectivity index (χ2v) is 8.82. The molecule has 35 heavy (non-hydrogen) atoms. The van der Waals surface area contributed by atoms with Crippen molar-refractivity contribution < 1.29 is 4.74 Å². The van der Waals surface area contributed by atoms with Gasteiger partial charge in [0.25, 0.3) is 0 Å². The molecule has 1 fully saturated rings. The number of likely N-dealkylation sites (N-methyl/N-ethyl adjacent to an activating group) is 1. The minimum Gasteiger partial charge on any atom is -0.457 e. The zero-order valence-corrected chi connectivity index (χ0v) is 19.9. The van der Waals surface area contributed by atoms with Crippen molar-refractivity contribution in [2.24, 2.45) is 0 Å². The van der Waals surface area contributed by atoms with Gasteiger partial charge < -0.3 is 25.6 Å². The van der Waals surface area contributed by atoms with Crippen molar-refractivity contribution in [2.75, 3.05) is 43.1 Å². The number of nitrogens with two attached hydrogens (primary N) is 1. The highest BCUT2D eigenvalue weighted by Crippen LogP contribution is 2.29. The van der Waals surface area contributed by atoms with Gasteiger partial charge in [0.2, 0.25) is 5.95 Å². The molecule has 5 rings (SSSR count). The molecule has 0 radical (unpaired) electrons. The van der Waals surface area contributed by atoms with Gasteiger partial charge >= 0.3 is 0 Å². The number of nitrogens with one attached hydrogen (secondary N) is 1. The zero-order valence-electron chi connectivity index (χ0n) is 19.9. The quantitative estimate of drug-likeness (QED) is 0.401. The van der Waals surface area contributed by atoms with Crippen molar-refractivity contribution in [1.82, 2.24) is 19.9 Å². The molecule has 1 atom stereocenters. The largest absolute Gasteiger partial charge is 0.457 e. The summed E-state index contributed by atoms with van der Waals surface area (Å²) in [6.07, 6.45) is 2.94. The first-order valence-corrected chi connectivity index (χ1v) is 11.7. The van der Waals surface area contributed by atoms with E-state index in [4.69, 9.17) is 10.5 Å². The number of hydrogen-bond donors (Lipinski definition) is 2. The number of aromatic nitrogens is 3. The summed E-state index contributed by atoms with van der Waals surface area (Å²) < 4.78 is 6.10. The summed E-state index contributed by atoms with van der Waals surface area (Å²) in [5, 5.41) is 3.30. The number of ether oxygens (including phenoxy) is 1. The van der Waals surface area contributed by atoms with Crippen LogP contribution in [0.15, 0.2) is 79.0 Å². The van der Waals surface area contributed by atoms with Crippen LogP contribution in [0.2, 0.25) is 0 Å². The van der Waals surface area contributed by atoms with Crippen molar-refractivity contribution in [3.05, 3.63) is 79.0 Å². The maximum atomic E-state index is 6.10. The Morgan fingerprint density at radius 3 is 2.51 bits per heavy atom. The first kappa shape index (κ1) is 22.6. The third kappa shape index (κ3) is 5.50. The highest BCUT2D eigenvalue weighted by atomic mass is 16.5. The average Bonchev–Trinajstić information content (AvgIpc) is 3.37. The average molecular weight is 468 g/mol. The Bertz CT molecular complexity index is 1280. The third-order valence-corrected chi connectivity index (χ3v) is 6.11. The molecule has 0 amide bonds. The molecule has 3 N–H and O–H groups in total. The van der Waals surface area contributed by atoms with E-state index in [9.17, 15) is 0 Å². The number of benzene rings is 2. The van der Waals surface area contributed by atoms with Gasteiger partial charge in [0.05, 0.1) is 5.69 Å². The maximum absolute atomic E-state index is 6.10. The number of hydrogen-bond acceptors (Lipinski definition) is 8. The van der Waals surface area contributed by atoms with E-state index < -0.39 is 0 Å². The molecule has 2 aromatic carbocycles. The van der Waals surface area contributed by atoms with Crippen LogP contribution in [0.4, 0.5) is 23.3 Å². The molecule has 3 heterocycles. The van der Waals surface area contributed by atoms with Gasteiger partial charge in [-0.3, -0.25) is 0 Å². The van der Waals surface area contributed by atoms with Gasteiger partial charge in [0, 0.05) is 48.7 Å². The van der Waals surface area contributed by atoms with Gasteiger partial charge in [-0.1, -0.05) is 30.3 Å². The summed E-state index contributed by atoms with van der Waals surface area (Å²) in [6.45, 7) is 1.97. The molecule has 0 aliphatic carbocycles. The van der Waals surface area contributed by atoms with Crippen molar-refractivity contribution >= 4 is 23.3 Å². The fraction of sp³-hybridized carbons (Fsp3) is 0.222. The summed E-state index contributed by atoms with van der Waals surface area (Å²) in [5.74, 6) is 3.30.